The van der Waals surface area contributed by atoms with Crippen LogP contribution in [0.5, 0.6) is 0 Å². The van der Waals surface area contributed by atoms with Gasteiger partial charge in [0.2, 0.25) is 0 Å². The van der Waals surface area contributed by atoms with Crippen LogP contribution in [0.15, 0.2) is 48.5 Å². The summed E-state index contributed by atoms with van der Waals surface area (Å²) in [6.07, 6.45) is -5.70. The molecule has 2 rings (SSSR count). The Kier molecular flexibility index (Phi) is 5.28. The van der Waals surface area contributed by atoms with E-state index in [4.69, 9.17) is 11.6 Å². The van der Waals surface area contributed by atoms with Crippen molar-refractivity contribution in [3.63, 3.8) is 0 Å². The van der Waals surface area contributed by atoms with Crippen LogP contribution in [0.4, 0.5) is 13.2 Å². The molecule has 2 N–H and O–H groups in total. The van der Waals surface area contributed by atoms with Gasteiger partial charge in [0.15, 0.2) is 0 Å². The van der Waals surface area contributed by atoms with Crippen molar-refractivity contribution in [2.75, 3.05) is 6.54 Å². The molecule has 2 aromatic carbocycles. The molecule has 0 heterocycles. The first-order valence-corrected chi connectivity index (χ1v) is 7.05. The van der Waals surface area contributed by atoms with Gasteiger partial charge in [-0.3, -0.25) is 4.79 Å². The number of amides is 1. The SMILES string of the molecule is O=C(NC[C@H](O)c1cccc(Cl)c1)c1ccccc1C(F)(F)F. The van der Waals surface area contributed by atoms with E-state index in [1.54, 1.807) is 18.2 Å². The first-order valence-electron chi connectivity index (χ1n) is 6.67. The van der Waals surface area contributed by atoms with Crippen molar-refractivity contribution < 1.29 is 23.1 Å². The predicted molar refractivity (Wildman–Crippen MR) is 80.2 cm³/mol. The third kappa shape index (κ3) is 4.46. The molecular weight excluding hydrogens is 331 g/mol. The highest BCUT2D eigenvalue weighted by Crippen LogP contribution is 2.31. The number of alkyl halides is 3. The third-order valence-corrected chi connectivity index (χ3v) is 3.40. The Morgan fingerprint density at radius 3 is 2.52 bits per heavy atom. The molecule has 0 radical (unpaired) electrons. The topological polar surface area (TPSA) is 49.3 Å². The lowest BCUT2D eigenvalue weighted by Crippen LogP contribution is -2.30. The number of carbonyl (C=O) groups is 1. The maximum atomic E-state index is 12.9. The van der Waals surface area contributed by atoms with Crippen molar-refractivity contribution >= 4 is 17.5 Å². The van der Waals surface area contributed by atoms with Crippen molar-refractivity contribution in [2.45, 2.75) is 12.3 Å². The highest BCUT2D eigenvalue weighted by molar-refractivity contribution is 6.30. The summed E-state index contributed by atoms with van der Waals surface area (Å²) in [4.78, 5) is 12.0. The summed E-state index contributed by atoms with van der Waals surface area (Å²) < 4.78 is 38.6. The van der Waals surface area contributed by atoms with Crippen molar-refractivity contribution in [3.05, 3.63) is 70.2 Å². The minimum Gasteiger partial charge on any atom is -0.387 e. The van der Waals surface area contributed by atoms with Crippen LogP contribution in [0.25, 0.3) is 0 Å². The minimum atomic E-state index is -4.63. The largest absolute Gasteiger partial charge is 0.417 e. The van der Waals surface area contributed by atoms with E-state index in [-0.39, 0.29) is 6.54 Å². The molecule has 0 unspecified atom stereocenters. The van der Waals surface area contributed by atoms with Crippen molar-refractivity contribution in [1.82, 2.24) is 5.32 Å². The van der Waals surface area contributed by atoms with Crippen molar-refractivity contribution in [3.8, 4) is 0 Å². The van der Waals surface area contributed by atoms with Gasteiger partial charge in [0, 0.05) is 11.6 Å². The Balaban J connectivity index is 2.09. The standard InChI is InChI=1S/C16H13ClF3NO2/c17-11-5-3-4-10(8-11)14(22)9-21-15(23)12-6-1-2-7-13(12)16(18,19)20/h1-8,14,22H,9H2,(H,21,23)/t14-/m0/s1. The second-order valence-corrected chi connectivity index (χ2v) is 5.26. The normalized spacial score (nSPS) is 12.7. The van der Waals surface area contributed by atoms with E-state index in [0.29, 0.717) is 10.6 Å². The lowest BCUT2D eigenvalue weighted by Gasteiger charge is -2.15. The van der Waals surface area contributed by atoms with Gasteiger partial charge in [-0.25, -0.2) is 0 Å². The molecule has 122 valence electrons. The molecule has 0 aliphatic carbocycles. The Morgan fingerprint density at radius 2 is 1.87 bits per heavy atom. The molecule has 2 aromatic rings. The highest BCUT2D eigenvalue weighted by atomic mass is 35.5. The second-order valence-electron chi connectivity index (χ2n) is 4.82. The number of aliphatic hydroxyl groups is 1. The van der Waals surface area contributed by atoms with Crippen LogP contribution in [-0.2, 0) is 6.18 Å². The summed E-state index contributed by atoms with van der Waals surface area (Å²) in [5, 5.41) is 12.7. The van der Waals surface area contributed by atoms with Crippen molar-refractivity contribution in [1.29, 1.82) is 0 Å². The van der Waals surface area contributed by atoms with E-state index in [9.17, 15) is 23.1 Å². The molecule has 0 spiro atoms. The predicted octanol–water partition coefficient (Wildman–Crippen LogP) is 3.82. The fraction of sp³-hybridized carbons (Fsp3) is 0.188. The second kappa shape index (κ2) is 7.02. The van der Waals surface area contributed by atoms with E-state index < -0.39 is 29.3 Å². The number of carbonyl (C=O) groups excluding carboxylic acids is 1. The van der Waals surface area contributed by atoms with Gasteiger partial charge in [-0.2, -0.15) is 13.2 Å². The number of hydrogen-bond donors (Lipinski definition) is 2. The summed E-state index contributed by atoms with van der Waals surface area (Å²) in [5.74, 6) is -0.904. The van der Waals surface area contributed by atoms with Gasteiger partial charge in [-0.05, 0) is 29.8 Å². The molecule has 0 bridgehead atoms. The number of aliphatic hydroxyl groups excluding tert-OH is 1. The van der Waals surface area contributed by atoms with Crippen LogP contribution in [0.2, 0.25) is 5.02 Å². The lowest BCUT2D eigenvalue weighted by molar-refractivity contribution is -0.137. The highest BCUT2D eigenvalue weighted by Gasteiger charge is 2.34. The minimum absolute atomic E-state index is 0.231. The Morgan fingerprint density at radius 1 is 1.17 bits per heavy atom. The zero-order valence-electron chi connectivity index (χ0n) is 11.8. The number of halogens is 4. The molecule has 0 fully saturated rings. The molecule has 0 saturated heterocycles. The van der Waals surface area contributed by atoms with Crippen molar-refractivity contribution in [2.24, 2.45) is 0 Å². The Hall–Kier alpha value is -2.05. The van der Waals surface area contributed by atoms with Gasteiger partial charge in [0.25, 0.3) is 5.91 Å². The lowest BCUT2D eigenvalue weighted by atomic mass is 10.1. The summed E-state index contributed by atoms with van der Waals surface area (Å²) in [7, 11) is 0. The average molecular weight is 344 g/mol. The van der Waals surface area contributed by atoms with E-state index in [1.165, 1.54) is 18.2 Å². The maximum absolute atomic E-state index is 12.9. The smallest absolute Gasteiger partial charge is 0.387 e. The molecule has 0 aliphatic heterocycles. The monoisotopic (exact) mass is 343 g/mol. The number of benzene rings is 2. The third-order valence-electron chi connectivity index (χ3n) is 3.17. The molecule has 3 nitrogen and oxygen atoms in total. The average Bonchev–Trinajstić information content (AvgIpc) is 2.51. The quantitative estimate of drug-likeness (QED) is 0.886. The van der Waals surface area contributed by atoms with E-state index in [2.05, 4.69) is 5.32 Å². The molecule has 1 amide bonds. The van der Waals surface area contributed by atoms with Crippen LogP contribution < -0.4 is 5.32 Å². The number of rotatable bonds is 4. The summed E-state index contributed by atoms with van der Waals surface area (Å²) in [6, 6.07) is 10.8. The molecule has 0 saturated carbocycles. The van der Waals surface area contributed by atoms with Crippen LogP contribution in [-0.4, -0.2) is 17.6 Å². The fourth-order valence-corrected chi connectivity index (χ4v) is 2.24. The van der Waals surface area contributed by atoms with E-state index in [0.717, 1.165) is 12.1 Å². The first-order chi connectivity index (χ1) is 10.8. The molecule has 1 atom stereocenters. The van der Waals surface area contributed by atoms with Crippen LogP contribution in [0.1, 0.15) is 27.6 Å². The van der Waals surface area contributed by atoms with Crippen LogP contribution >= 0.6 is 11.6 Å². The summed E-state index contributed by atoms with van der Waals surface area (Å²) >= 11 is 5.80. The number of hydrogen-bond acceptors (Lipinski definition) is 2. The van der Waals surface area contributed by atoms with Gasteiger partial charge in [-0.15, -0.1) is 0 Å². The summed E-state index contributed by atoms with van der Waals surface area (Å²) in [6.45, 7) is -0.231. The Bertz CT molecular complexity index is 704. The van der Waals surface area contributed by atoms with Gasteiger partial charge in [0.1, 0.15) is 0 Å². The van der Waals surface area contributed by atoms with Crippen LogP contribution in [0, 0.1) is 0 Å². The fourth-order valence-electron chi connectivity index (χ4n) is 2.04. The van der Waals surface area contributed by atoms with Gasteiger partial charge in [-0.1, -0.05) is 35.9 Å². The summed E-state index contributed by atoms with van der Waals surface area (Å²) in [5.41, 5.74) is -1.05. The molecule has 7 heteroatoms. The van der Waals surface area contributed by atoms with Crippen LogP contribution in [0.3, 0.4) is 0 Å². The van der Waals surface area contributed by atoms with Gasteiger partial charge < -0.3 is 10.4 Å². The molecular formula is C16H13ClF3NO2. The number of nitrogens with one attached hydrogen (secondary N) is 1. The van der Waals surface area contributed by atoms with Gasteiger partial charge in [0.05, 0.1) is 17.2 Å². The van der Waals surface area contributed by atoms with E-state index >= 15 is 0 Å². The zero-order chi connectivity index (χ0) is 17.0. The first kappa shape index (κ1) is 17.3. The molecule has 23 heavy (non-hydrogen) atoms. The zero-order valence-corrected chi connectivity index (χ0v) is 12.5. The van der Waals surface area contributed by atoms with Gasteiger partial charge >= 0.3 is 6.18 Å². The Labute approximate surface area is 135 Å². The molecule has 0 aromatic heterocycles. The molecule has 0 aliphatic rings. The maximum Gasteiger partial charge on any atom is 0.417 e. The van der Waals surface area contributed by atoms with E-state index in [1.807, 2.05) is 0 Å².